The highest BCUT2D eigenvalue weighted by atomic mass is 14.7. The van der Waals surface area contributed by atoms with E-state index in [1.165, 1.54) is 32.1 Å². The molecule has 1 saturated carbocycles. The fourth-order valence-corrected chi connectivity index (χ4v) is 3.22. The first-order chi connectivity index (χ1) is 7.11. The van der Waals surface area contributed by atoms with Crippen molar-refractivity contribution in [1.82, 2.24) is 0 Å². The van der Waals surface area contributed by atoms with Gasteiger partial charge in [-0.3, -0.25) is 0 Å². The summed E-state index contributed by atoms with van der Waals surface area (Å²) in [6.07, 6.45) is 6.70. The molecule has 4 unspecified atom stereocenters. The molecule has 2 N–H and O–H groups in total. The molecule has 1 aliphatic rings. The van der Waals surface area contributed by atoms with Crippen LogP contribution in [-0.4, -0.2) is 6.04 Å². The predicted molar refractivity (Wildman–Crippen MR) is 67.7 cm³/mol. The molecule has 0 aromatic rings. The molecule has 1 fully saturated rings. The van der Waals surface area contributed by atoms with Crippen LogP contribution in [-0.2, 0) is 0 Å². The topological polar surface area (TPSA) is 26.0 Å². The average Bonchev–Trinajstić information content (AvgIpc) is 2.27. The summed E-state index contributed by atoms with van der Waals surface area (Å²) in [5.41, 5.74) is 6.48. The number of hydrogen-bond acceptors (Lipinski definition) is 1. The molecule has 0 bridgehead atoms. The fourth-order valence-electron chi connectivity index (χ4n) is 3.22. The molecule has 1 aliphatic carbocycles. The Balaban J connectivity index is 2.62. The predicted octanol–water partition coefficient (Wildman–Crippen LogP) is 3.82. The van der Waals surface area contributed by atoms with Crippen molar-refractivity contribution in [3.63, 3.8) is 0 Å². The van der Waals surface area contributed by atoms with Crippen molar-refractivity contribution in [1.29, 1.82) is 0 Å². The number of rotatable bonds is 4. The average molecular weight is 211 g/mol. The second kappa shape index (κ2) is 5.89. The molecule has 0 aliphatic heterocycles. The highest BCUT2D eigenvalue weighted by Gasteiger charge is 2.34. The van der Waals surface area contributed by atoms with Crippen LogP contribution in [0, 0.1) is 23.7 Å². The van der Waals surface area contributed by atoms with Gasteiger partial charge in [0, 0.05) is 6.04 Å². The minimum atomic E-state index is 0.462. The quantitative estimate of drug-likeness (QED) is 0.751. The van der Waals surface area contributed by atoms with Gasteiger partial charge in [0.25, 0.3) is 0 Å². The zero-order chi connectivity index (χ0) is 11.4. The number of nitrogens with two attached hydrogens (primary N) is 1. The third-order valence-electron chi connectivity index (χ3n) is 4.81. The molecule has 1 rings (SSSR count). The highest BCUT2D eigenvalue weighted by Crippen LogP contribution is 2.38. The van der Waals surface area contributed by atoms with E-state index in [9.17, 15) is 0 Å². The Kier molecular flexibility index (Phi) is 5.11. The Morgan fingerprint density at radius 2 is 1.40 bits per heavy atom. The van der Waals surface area contributed by atoms with Crippen LogP contribution in [0.1, 0.15) is 59.8 Å². The molecule has 0 heterocycles. The Bertz CT molecular complexity index is 160. The molecule has 0 spiro atoms. The van der Waals surface area contributed by atoms with Crippen LogP contribution in [0.3, 0.4) is 0 Å². The van der Waals surface area contributed by atoms with Crippen molar-refractivity contribution in [3.8, 4) is 0 Å². The maximum absolute atomic E-state index is 6.48. The summed E-state index contributed by atoms with van der Waals surface area (Å²) < 4.78 is 0. The Morgan fingerprint density at radius 1 is 1.00 bits per heavy atom. The standard InChI is InChI=1S/C14H29N/c1-5-10(3)12-8-7-9-13(14(12)15)11(4)6-2/h10-14H,5-9,15H2,1-4H3. The molecule has 1 nitrogen and oxygen atoms in total. The summed E-state index contributed by atoms with van der Waals surface area (Å²) in [4.78, 5) is 0. The highest BCUT2D eigenvalue weighted by molar-refractivity contribution is 4.89. The van der Waals surface area contributed by atoms with Crippen LogP contribution in [0.4, 0.5) is 0 Å². The zero-order valence-electron chi connectivity index (χ0n) is 11.0. The van der Waals surface area contributed by atoms with E-state index < -0.39 is 0 Å². The van der Waals surface area contributed by atoms with Crippen LogP contribution >= 0.6 is 0 Å². The molecule has 0 aromatic heterocycles. The first-order valence-corrected chi connectivity index (χ1v) is 6.87. The summed E-state index contributed by atoms with van der Waals surface area (Å²) in [5.74, 6) is 3.18. The summed E-state index contributed by atoms with van der Waals surface area (Å²) in [6, 6.07) is 0.462. The largest absolute Gasteiger partial charge is 0.327 e. The Labute approximate surface area is 95.8 Å². The molecule has 15 heavy (non-hydrogen) atoms. The zero-order valence-corrected chi connectivity index (χ0v) is 11.0. The second-order valence-corrected chi connectivity index (χ2v) is 5.61. The van der Waals surface area contributed by atoms with E-state index in [1.807, 2.05) is 0 Å². The second-order valence-electron chi connectivity index (χ2n) is 5.61. The van der Waals surface area contributed by atoms with E-state index in [-0.39, 0.29) is 0 Å². The molecule has 90 valence electrons. The third-order valence-corrected chi connectivity index (χ3v) is 4.81. The van der Waals surface area contributed by atoms with Crippen LogP contribution in [0.15, 0.2) is 0 Å². The normalized spacial score (nSPS) is 36.2. The van der Waals surface area contributed by atoms with Gasteiger partial charge in [-0.25, -0.2) is 0 Å². The van der Waals surface area contributed by atoms with E-state index in [4.69, 9.17) is 5.73 Å². The monoisotopic (exact) mass is 211 g/mol. The lowest BCUT2D eigenvalue weighted by Gasteiger charge is -2.41. The lowest BCUT2D eigenvalue weighted by molar-refractivity contribution is 0.125. The van der Waals surface area contributed by atoms with Crippen molar-refractivity contribution in [2.24, 2.45) is 29.4 Å². The van der Waals surface area contributed by atoms with Crippen molar-refractivity contribution in [2.45, 2.75) is 65.8 Å². The van der Waals surface area contributed by atoms with Gasteiger partial charge in [0.05, 0.1) is 0 Å². The van der Waals surface area contributed by atoms with Gasteiger partial charge in [-0.1, -0.05) is 47.0 Å². The fraction of sp³-hybridized carbons (Fsp3) is 1.00. The van der Waals surface area contributed by atoms with E-state index in [0.29, 0.717) is 6.04 Å². The first-order valence-electron chi connectivity index (χ1n) is 6.87. The third kappa shape index (κ3) is 2.96. The van der Waals surface area contributed by atoms with Crippen molar-refractivity contribution in [2.75, 3.05) is 0 Å². The molecule has 0 amide bonds. The van der Waals surface area contributed by atoms with Crippen molar-refractivity contribution >= 4 is 0 Å². The Morgan fingerprint density at radius 3 is 1.73 bits per heavy atom. The Hall–Kier alpha value is -0.0400. The van der Waals surface area contributed by atoms with Gasteiger partial charge >= 0.3 is 0 Å². The van der Waals surface area contributed by atoms with Gasteiger partial charge in [0.15, 0.2) is 0 Å². The summed E-state index contributed by atoms with van der Waals surface area (Å²) in [5, 5.41) is 0. The van der Waals surface area contributed by atoms with Gasteiger partial charge in [0.2, 0.25) is 0 Å². The van der Waals surface area contributed by atoms with Gasteiger partial charge in [-0.2, -0.15) is 0 Å². The SMILES string of the molecule is CCC(C)C1CCCC(C(C)CC)C1N. The lowest BCUT2D eigenvalue weighted by Crippen LogP contribution is -2.45. The molecular formula is C14H29N. The van der Waals surface area contributed by atoms with Gasteiger partial charge in [-0.05, 0) is 36.5 Å². The van der Waals surface area contributed by atoms with E-state index in [2.05, 4.69) is 27.7 Å². The van der Waals surface area contributed by atoms with E-state index in [1.54, 1.807) is 0 Å². The summed E-state index contributed by atoms with van der Waals surface area (Å²) >= 11 is 0. The molecule has 0 aromatic carbocycles. The molecular weight excluding hydrogens is 182 g/mol. The maximum atomic E-state index is 6.48. The van der Waals surface area contributed by atoms with Gasteiger partial charge in [0.1, 0.15) is 0 Å². The smallest absolute Gasteiger partial charge is 0.0101 e. The van der Waals surface area contributed by atoms with E-state index in [0.717, 1.165) is 23.7 Å². The minimum Gasteiger partial charge on any atom is -0.327 e. The van der Waals surface area contributed by atoms with Crippen LogP contribution in [0.2, 0.25) is 0 Å². The van der Waals surface area contributed by atoms with Gasteiger partial charge in [-0.15, -0.1) is 0 Å². The van der Waals surface area contributed by atoms with Crippen LogP contribution in [0.5, 0.6) is 0 Å². The summed E-state index contributed by atoms with van der Waals surface area (Å²) in [6.45, 7) is 9.35. The van der Waals surface area contributed by atoms with Gasteiger partial charge < -0.3 is 5.73 Å². The van der Waals surface area contributed by atoms with Crippen molar-refractivity contribution < 1.29 is 0 Å². The maximum Gasteiger partial charge on any atom is 0.0101 e. The number of hydrogen-bond donors (Lipinski definition) is 1. The van der Waals surface area contributed by atoms with Crippen LogP contribution in [0.25, 0.3) is 0 Å². The molecule has 1 heteroatoms. The minimum absolute atomic E-state index is 0.462. The van der Waals surface area contributed by atoms with Crippen LogP contribution < -0.4 is 5.73 Å². The van der Waals surface area contributed by atoms with Crippen molar-refractivity contribution in [3.05, 3.63) is 0 Å². The lowest BCUT2D eigenvalue weighted by atomic mass is 9.67. The molecule has 0 saturated heterocycles. The van der Waals surface area contributed by atoms with E-state index >= 15 is 0 Å². The summed E-state index contributed by atoms with van der Waals surface area (Å²) in [7, 11) is 0. The molecule has 4 atom stereocenters. The first kappa shape index (κ1) is 13.0. The molecule has 0 radical (unpaired) electrons.